The van der Waals surface area contributed by atoms with Crippen molar-refractivity contribution in [3.8, 4) is 0 Å². The first kappa shape index (κ1) is 18.4. The molecule has 2 aromatic carbocycles. The molecule has 0 saturated carbocycles. The van der Waals surface area contributed by atoms with E-state index in [9.17, 15) is 22.7 Å². The van der Waals surface area contributed by atoms with Crippen LogP contribution in [-0.2, 0) is 12.1 Å². The Balaban J connectivity index is 1.67. The lowest BCUT2D eigenvalue weighted by Crippen LogP contribution is -2.56. The van der Waals surface area contributed by atoms with E-state index in [4.69, 9.17) is 0 Å². The van der Waals surface area contributed by atoms with Gasteiger partial charge in [-0.05, 0) is 31.2 Å². The molecule has 144 valence electrons. The molecule has 0 amide bonds. The predicted molar refractivity (Wildman–Crippen MR) is 92.8 cm³/mol. The molecule has 2 bridgehead atoms. The number of hydrogen-bond donors (Lipinski definition) is 1. The van der Waals surface area contributed by atoms with Crippen molar-refractivity contribution in [1.29, 1.82) is 0 Å². The van der Waals surface area contributed by atoms with E-state index in [1.165, 1.54) is 0 Å². The van der Waals surface area contributed by atoms with Crippen LogP contribution >= 0.6 is 0 Å². The molecule has 0 aromatic heterocycles. The second kappa shape index (κ2) is 6.91. The van der Waals surface area contributed by atoms with Gasteiger partial charge < -0.3 is 5.11 Å². The van der Waals surface area contributed by atoms with Crippen LogP contribution < -0.4 is 0 Å². The van der Waals surface area contributed by atoms with Gasteiger partial charge in [0.2, 0.25) is 0 Å². The van der Waals surface area contributed by atoms with E-state index in [0.717, 1.165) is 24.8 Å². The molecule has 0 aliphatic carbocycles. The van der Waals surface area contributed by atoms with Crippen molar-refractivity contribution in [1.82, 2.24) is 4.90 Å². The summed E-state index contributed by atoms with van der Waals surface area (Å²) in [6, 6.07) is 9.83. The van der Waals surface area contributed by atoms with E-state index in [2.05, 4.69) is 4.90 Å². The van der Waals surface area contributed by atoms with Gasteiger partial charge in [-0.15, -0.1) is 0 Å². The topological polar surface area (TPSA) is 23.5 Å². The summed E-state index contributed by atoms with van der Waals surface area (Å²) >= 11 is 0. The summed E-state index contributed by atoms with van der Waals surface area (Å²) in [5, 5.41) is 11.1. The molecule has 2 fully saturated rings. The summed E-state index contributed by atoms with van der Waals surface area (Å²) in [5.41, 5.74) is -1.66. The lowest BCUT2D eigenvalue weighted by Gasteiger charge is -2.52. The molecule has 2 aliphatic rings. The zero-order valence-corrected chi connectivity index (χ0v) is 14.8. The minimum absolute atomic E-state index is 0.0487. The number of fused-ring (bicyclic) bond motifs is 2. The smallest absolute Gasteiger partial charge is 0.168 e. The van der Waals surface area contributed by atoms with Crippen molar-refractivity contribution in [3.05, 3.63) is 70.8 Å². The maximum absolute atomic E-state index is 14.3. The Hall–Kier alpha value is -1.92. The molecule has 2 saturated heterocycles. The van der Waals surface area contributed by atoms with Crippen LogP contribution in [0.5, 0.6) is 0 Å². The third-order valence-corrected chi connectivity index (χ3v) is 5.94. The molecule has 0 spiro atoms. The van der Waals surface area contributed by atoms with E-state index in [0.29, 0.717) is 6.54 Å². The maximum Gasteiger partial charge on any atom is 0.168 e. The SMILES string of the molecule is OC1(c2c(F)c(F)cc(F)c2F)CC2CCCC(C1)N2Cc1ccccc1. The largest absolute Gasteiger partial charge is 0.385 e. The summed E-state index contributed by atoms with van der Waals surface area (Å²) in [6.07, 6.45) is 2.60. The van der Waals surface area contributed by atoms with E-state index in [1.807, 2.05) is 30.3 Å². The zero-order valence-electron chi connectivity index (χ0n) is 14.8. The van der Waals surface area contributed by atoms with E-state index in [1.54, 1.807) is 0 Å². The number of benzene rings is 2. The van der Waals surface area contributed by atoms with Gasteiger partial charge in [0.15, 0.2) is 23.3 Å². The number of aliphatic hydroxyl groups is 1. The minimum atomic E-state index is -1.92. The first-order valence-corrected chi connectivity index (χ1v) is 9.24. The maximum atomic E-state index is 14.3. The van der Waals surface area contributed by atoms with E-state index in [-0.39, 0.29) is 31.0 Å². The van der Waals surface area contributed by atoms with Gasteiger partial charge in [0.25, 0.3) is 0 Å². The molecule has 2 nitrogen and oxygen atoms in total. The van der Waals surface area contributed by atoms with Crippen molar-refractivity contribution >= 4 is 0 Å². The van der Waals surface area contributed by atoms with Crippen LogP contribution in [0.3, 0.4) is 0 Å². The molecular weight excluding hydrogens is 358 g/mol. The Morgan fingerprint density at radius 1 is 0.926 bits per heavy atom. The summed E-state index contributed by atoms with van der Waals surface area (Å²) in [4.78, 5) is 2.25. The highest BCUT2D eigenvalue weighted by Gasteiger charge is 2.49. The van der Waals surface area contributed by atoms with Gasteiger partial charge in [-0.2, -0.15) is 0 Å². The quantitative estimate of drug-likeness (QED) is 0.620. The molecule has 2 aliphatic heterocycles. The Morgan fingerprint density at radius 3 is 2.04 bits per heavy atom. The first-order chi connectivity index (χ1) is 12.9. The highest BCUT2D eigenvalue weighted by molar-refractivity contribution is 5.30. The lowest BCUT2D eigenvalue weighted by atomic mass is 9.72. The Morgan fingerprint density at radius 2 is 1.48 bits per heavy atom. The molecule has 2 unspecified atom stereocenters. The Bertz CT molecular complexity index is 802. The van der Waals surface area contributed by atoms with E-state index >= 15 is 0 Å². The first-order valence-electron chi connectivity index (χ1n) is 9.24. The van der Waals surface area contributed by atoms with Crippen molar-refractivity contribution in [2.24, 2.45) is 0 Å². The van der Waals surface area contributed by atoms with E-state index < -0.39 is 34.4 Å². The Labute approximate surface area is 155 Å². The molecule has 1 N–H and O–H groups in total. The molecule has 0 radical (unpaired) electrons. The van der Waals surface area contributed by atoms with Crippen LogP contribution in [0.25, 0.3) is 0 Å². The minimum Gasteiger partial charge on any atom is -0.385 e. The van der Waals surface area contributed by atoms with Crippen molar-refractivity contribution in [2.45, 2.75) is 56.3 Å². The van der Waals surface area contributed by atoms with Gasteiger partial charge in [-0.3, -0.25) is 4.90 Å². The van der Waals surface area contributed by atoms with Crippen LogP contribution in [0.2, 0.25) is 0 Å². The van der Waals surface area contributed by atoms with Crippen molar-refractivity contribution in [2.75, 3.05) is 0 Å². The summed E-state index contributed by atoms with van der Waals surface area (Å²) in [5.74, 6) is -5.94. The van der Waals surface area contributed by atoms with Crippen molar-refractivity contribution in [3.63, 3.8) is 0 Å². The van der Waals surface area contributed by atoms with Crippen LogP contribution in [-0.4, -0.2) is 22.1 Å². The number of piperidine rings is 2. The fourth-order valence-electron chi connectivity index (χ4n) is 4.76. The third-order valence-electron chi connectivity index (χ3n) is 5.94. The molecule has 6 heteroatoms. The van der Waals surface area contributed by atoms with Gasteiger partial charge in [0.1, 0.15) is 0 Å². The number of halogens is 4. The highest BCUT2D eigenvalue weighted by atomic mass is 19.2. The van der Waals surface area contributed by atoms with Crippen LogP contribution in [0.15, 0.2) is 36.4 Å². The summed E-state index contributed by atoms with van der Waals surface area (Å²) in [7, 11) is 0. The zero-order chi connectivity index (χ0) is 19.2. The van der Waals surface area contributed by atoms with Crippen LogP contribution in [0, 0.1) is 23.3 Å². The average Bonchev–Trinajstić information content (AvgIpc) is 2.62. The second-order valence-electron chi connectivity index (χ2n) is 7.68. The van der Waals surface area contributed by atoms with Crippen LogP contribution in [0.1, 0.15) is 43.2 Å². The fourth-order valence-corrected chi connectivity index (χ4v) is 4.76. The number of hydrogen-bond acceptors (Lipinski definition) is 2. The van der Waals surface area contributed by atoms with Gasteiger partial charge in [0.05, 0.1) is 11.2 Å². The highest BCUT2D eigenvalue weighted by Crippen LogP contribution is 2.46. The molecule has 2 atom stereocenters. The molecule has 2 heterocycles. The van der Waals surface area contributed by atoms with Crippen LogP contribution in [0.4, 0.5) is 17.6 Å². The molecular formula is C21H21F4NO. The Kier molecular flexibility index (Phi) is 4.72. The molecule has 2 aromatic rings. The standard InChI is InChI=1S/C21H21F4NO/c22-16-9-17(23)20(25)18(19(16)24)21(27)10-14-7-4-8-15(11-21)26(14)12-13-5-2-1-3-6-13/h1-3,5-6,9,14-15,27H,4,7-8,10-12H2. The average molecular weight is 379 g/mol. The molecule has 4 rings (SSSR count). The van der Waals surface area contributed by atoms with Gasteiger partial charge in [-0.1, -0.05) is 36.8 Å². The second-order valence-corrected chi connectivity index (χ2v) is 7.68. The van der Waals surface area contributed by atoms with Gasteiger partial charge in [-0.25, -0.2) is 17.6 Å². The normalized spacial score (nSPS) is 28.3. The fraction of sp³-hybridized carbons (Fsp3) is 0.429. The van der Waals surface area contributed by atoms with Crippen molar-refractivity contribution < 1.29 is 22.7 Å². The summed E-state index contributed by atoms with van der Waals surface area (Å²) < 4.78 is 56.1. The third kappa shape index (κ3) is 3.25. The summed E-state index contributed by atoms with van der Waals surface area (Å²) in [6.45, 7) is 0.675. The monoisotopic (exact) mass is 379 g/mol. The molecule has 27 heavy (non-hydrogen) atoms. The number of rotatable bonds is 3. The van der Waals surface area contributed by atoms with Gasteiger partial charge >= 0.3 is 0 Å². The predicted octanol–water partition coefficient (Wildman–Crippen LogP) is 4.65. The number of nitrogens with zero attached hydrogens (tertiary/aromatic N) is 1. The van der Waals surface area contributed by atoms with Gasteiger partial charge in [0, 0.05) is 24.7 Å². The lowest BCUT2D eigenvalue weighted by molar-refractivity contribution is -0.103.